The van der Waals surface area contributed by atoms with E-state index in [0.29, 0.717) is 29.0 Å². The summed E-state index contributed by atoms with van der Waals surface area (Å²) in [6, 6.07) is 5.15. The maximum absolute atomic E-state index is 13.5. The Hall–Kier alpha value is -3.80. The van der Waals surface area contributed by atoms with Crippen LogP contribution in [0.25, 0.3) is 10.9 Å². The fourth-order valence-corrected chi connectivity index (χ4v) is 4.66. The fourth-order valence-electron chi connectivity index (χ4n) is 4.66. The highest BCUT2D eigenvalue weighted by Gasteiger charge is 2.49. The van der Waals surface area contributed by atoms with E-state index in [4.69, 9.17) is 19.9 Å². The van der Waals surface area contributed by atoms with Crippen LogP contribution >= 0.6 is 0 Å². The van der Waals surface area contributed by atoms with Gasteiger partial charge in [0.25, 0.3) is 0 Å². The van der Waals surface area contributed by atoms with Gasteiger partial charge < -0.3 is 25.1 Å². The van der Waals surface area contributed by atoms with E-state index >= 15 is 0 Å². The lowest BCUT2D eigenvalue weighted by molar-refractivity contribution is -0.137. The largest absolute Gasteiger partial charge is 0.493 e. The van der Waals surface area contributed by atoms with Gasteiger partial charge in [-0.15, -0.1) is 0 Å². The molecule has 3 aromatic rings. The molecule has 0 saturated heterocycles. The number of anilines is 2. The SMILES string of the molecule is COc1cc2nc(C)nc(N(C(=O)O)C(C)c3cc(N)cc(C(F)(F)F)c3)c2cc1OCC1(C(C)OC)CC1. The molecular formula is C27H31F3N4O5. The van der Waals surface area contributed by atoms with Crippen LogP contribution in [0.3, 0.4) is 0 Å². The number of nitrogen functional groups attached to an aromatic ring is 1. The minimum Gasteiger partial charge on any atom is -0.493 e. The van der Waals surface area contributed by atoms with Crippen molar-refractivity contribution in [2.45, 2.75) is 51.9 Å². The van der Waals surface area contributed by atoms with Crippen molar-refractivity contribution < 1.29 is 37.3 Å². The van der Waals surface area contributed by atoms with Crippen LogP contribution in [0, 0.1) is 12.3 Å². The molecule has 1 aliphatic carbocycles. The lowest BCUT2D eigenvalue weighted by atomic mass is 10.0. The van der Waals surface area contributed by atoms with Gasteiger partial charge in [-0.2, -0.15) is 13.2 Å². The van der Waals surface area contributed by atoms with Crippen molar-refractivity contribution in [1.29, 1.82) is 0 Å². The molecule has 1 heterocycles. The number of carboxylic acid groups (broad SMARTS) is 1. The summed E-state index contributed by atoms with van der Waals surface area (Å²) in [6.07, 6.45) is -4.21. The van der Waals surface area contributed by atoms with E-state index < -0.39 is 23.9 Å². The van der Waals surface area contributed by atoms with Gasteiger partial charge in [-0.1, -0.05) is 0 Å². The zero-order valence-corrected chi connectivity index (χ0v) is 22.3. The molecule has 0 bridgehead atoms. The van der Waals surface area contributed by atoms with Crippen LogP contribution < -0.4 is 20.1 Å². The normalized spacial score (nSPS) is 16.0. The summed E-state index contributed by atoms with van der Waals surface area (Å²) >= 11 is 0. The molecule has 0 aliphatic heterocycles. The molecule has 0 spiro atoms. The lowest BCUT2D eigenvalue weighted by Gasteiger charge is -2.28. The van der Waals surface area contributed by atoms with E-state index in [9.17, 15) is 23.1 Å². The van der Waals surface area contributed by atoms with Crippen LogP contribution in [0.5, 0.6) is 11.5 Å². The number of nitrogens with two attached hydrogens (primary N) is 1. The number of hydrogen-bond donors (Lipinski definition) is 2. The molecule has 3 N–H and O–H groups in total. The Labute approximate surface area is 223 Å². The number of alkyl halides is 3. The molecule has 2 atom stereocenters. The highest BCUT2D eigenvalue weighted by atomic mass is 19.4. The van der Waals surface area contributed by atoms with E-state index in [1.807, 2.05) is 6.92 Å². The number of aryl methyl sites for hydroxylation is 1. The van der Waals surface area contributed by atoms with Gasteiger partial charge in [0.1, 0.15) is 11.6 Å². The van der Waals surface area contributed by atoms with E-state index in [2.05, 4.69) is 9.97 Å². The number of halogens is 3. The molecule has 0 radical (unpaired) electrons. The first kappa shape index (κ1) is 28.2. The number of aromatic nitrogens is 2. The Balaban J connectivity index is 1.81. The number of fused-ring (bicyclic) bond motifs is 1. The van der Waals surface area contributed by atoms with Crippen molar-refractivity contribution in [2.75, 3.05) is 31.5 Å². The van der Waals surface area contributed by atoms with Crippen LogP contribution in [0.4, 0.5) is 29.5 Å². The van der Waals surface area contributed by atoms with E-state index in [-0.39, 0.29) is 34.4 Å². The fraction of sp³-hybridized carbons (Fsp3) is 0.444. The summed E-state index contributed by atoms with van der Waals surface area (Å²) in [7, 11) is 3.13. The maximum Gasteiger partial charge on any atom is 0.416 e. The summed E-state index contributed by atoms with van der Waals surface area (Å²) in [5.41, 5.74) is 4.95. The molecule has 2 unspecified atom stereocenters. The molecule has 2 aromatic carbocycles. The average Bonchev–Trinajstić information content (AvgIpc) is 3.66. The van der Waals surface area contributed by atoms with Gasteiger partial charge in [0.05, 0.1) is 36.9 Å². The van der Waals surface area contributed by atoms with Gasteiger partial charge >= 0.3 is 12.3 Å². The van der Waals surface area contributed by atoms with Gasteiger partial charge in [0.15, 0.2) is 11.5 Å². The van der Waals surface area contributed by atoms with E-state index in [1.54, 1.807) is 26.2 Å². The summed E-state index contributed by atoms with van der Waals surface area (Å²) in [5.74, 6) is 1.01. The molecule has 1 aromatic heterocycles. The minimum absolute atomic E-state index is 0.00705. The van der Waals surface area contributed by atoms with Gasteiger partial charge in [0.2, 0.25) is 0 Å². The Morgan fingerprint density at radius 2 is 1.82 bits per heavy atom. The Morgan fingerprint density at radius 1 is 1.13 bits per heavy atom. The zero-order valence-electron chi connectivity index (χ0n) is 22.3. The lowest BCUT2D eigenvalue weighted by Crippen LogP contribution is -2.33. The molecule has 1 fully saturated rings. The van der Waals surface area contributed by atoms with E-state index in [0.717, 1.165) is 29.9 Å². The number of methoxy groups -OCH3 is 2. The van der Waals surface area contributed by atoms with Crippen molar-refractivity contribution in [3.8, 4) is 11.5 Å². The molecular weight excluding hydrogens is 517 g/mol. The second-order valence-electron chi connectivity index (χ2n) is 9.86. The quantitative estimate of drug-likeness (QED) is 0.313. The van der Waals surface area contributed by atoms with Crippen molar-refractivity contribution >= 4 is 28.5 Å². The molecule has 1 saturated carbocycles. The molecule has 9 nitrogen and oxygen atoms in total. The summed E-state index contributed by atoms with van der Waals surface area (Å²) in [4.78, 5) is 22.3. The Kier molecular flexibility index (Phi) is 7.53. The second-order valence-corrected chi connectivity index (χ2v) is 9.86. The van der Waals surface area contributed by atoms with Crippen LogP contribution in [0.15, 0.2) is 30.3 Å². The number of benzene rings is 2. The van der Waals surface area contributed by atoms with Crippen LogP contribution in [-0.4, -0.2) is 48.1 Å². The molecule has 1 amide bonds. The molecule has 210 valence electrons. The number of rotatable bonds is 9. The number of amides is 1. The summed E-state index contributed by atoms with van der Waals surface area (Å²) in [5, 5.41) is 10.6. The van der Waals surface area contributed by atoms with Crippen molar-refractivity contribution in [3.63, 3.8) is 0 Å². The predicted molar refractivity (Wildman–Crippen MR) is 139 cm³/mol. The van der Waals surface area contributed by atoms with Crippen molar-refractivity contribution in [3.05, 3.63) is 47.3 Å². The highest BCUT2D eigenvalue weighted by Crippen LogP contribution is 2.50. The zero-order chi connectivity index (χ0) is 28.7. The number of ether oxygens (including phenoxy) is 3. The van der Waals surface area contributed by atoms with E-state index in [1.165, 1.54) is 20.1 Å². The molecule has 1 aliphatic rings. The minimum atomic E-state index is -4.65. The number of nitrogens with zero attached hydrogens (tertiary/aromatic N) is 3. The van der Waals surface area contributed by atoms with Crippen molar-refractivity contribution in [1.82, 2.24) is 9.97 Å². The first-order valence-corrected chi connectivity index (χ1v) is 12.3. The number of carbonyl (C=O) groups is 1. The van der Waals surface area contributed by atoms with Crippen LogP contribution in [0.1, 0.15) is 49.7 Å². The first-order valence-electron chi connectivity index (χ1n) is 12.3. The highest BCUT2D eigenvalue weighted by molar-refractivity contribution is 5.99. The van der Waals surface area contributed by atoms with Crippen LogP contribution in [0.2, 0.25) is 0 Å². The Bertz CT molecular complexity index is 1390. The predicted octanol–water partition coefficient (Wildman–Crippen LogP) is 5.99. The van der Waals surface area contributed by atoms with Gasteiger partial charge in [-0.05, 0) is 63.4 Å². The van der Waals surface area contributed by atoms with Crippen LogP contribution in [-0.2, 0) is 10.9 Å². The average molecular weight is 549 g/mol. The number of hydrogen-bond acceptors (Lipinski definition) is 7. The standard InChI is InChI=1S/C27H31F3N4O5/c1-14(17-8-18(27(28,29)30)10-19(31)9-17)34(25(35)36)24-20-11-23(39-13-26(6-7-26)15(2)37-4)22(38-5)12-21(20)32-16(3)33-24/h8-12,14-15H,6-7,13,31H2,1-5H3,(H,35,36). The monoisotopic (exact) mass is 548 g/mol. The molecule has 12 heteroatoms. The third kappa shape index (κ3) is 5.65. The summed E-state index contributed by atoms with van der Waals surface area (Å²) < 4.78 is 57.6. The summed E-state index contributed by atoms with van der Waals surface area (Å²) in [6.45, 7) is 5.40. The topological polar surface area (TPSA) is 120 Å². The third-order valence-corrected chi connectivity index (χ3v) is 7.31. The Morgan fingerprint density at radius 3 is 2.38 bits per heavy atom. The smallest absolute Gasteiger partial charge is 0.416 e. The van der Waals surface area contributed by atoms with Gasteiger partial charge in [-0.25, -0.2) is 14.8 Å². The molecule has 4 rings (SSSR count). The van der Waals surface area contributed by atoms with Crippen molar-refractivity contribution in [2.24, 2.45) is 5.41 Å². The second kappa shape index (κ2) is 10.4. The van der Waals surface area contributed by atoms with Gasteiger partial charge in [0, 0.05) is 29.7 Å². The first-order chi connectivity index (χ1) is 18.3. The third-order valence-electron chi connectivity index (χ3n) is 7.31. The molecule has 39 heavy (non-hydrogen) atoms. The maximum atomic E-state index is 13.5. The van der Waals surface area contributed by atoms with Gasteiger partial charge in [-0.3, -0.25) is 4.90 Å².